The maximum Gasteiger partial charge on any atom is 0.353 e. The molecule has 3 aromatic carbocycles. The fourth-order valence-electron chi connectivity index (χ4n) is 7.17. The molecule has 318 valence electrons. The summed E-state index contributed by atoms with van der Waals surface area (Å²) in [5.74, 6) is 0.926. The Hall–Kier alpha value is -3.63. The molecule has 0 aliphatic carbocycles. The minimum Gasteiger partial charge on any atom is -0.383 e. The summed E-state index contributed by atoms with van der Waals surface area (Å²) in [4.78, 5) is 27.4. The molecule has 0 radical (unpaired) electrons. The smallest absolute Gasteiger partial charge is 0.353 e. The zero-order chi connectivity index (χ0) is 41.3. The van der Waals surface area contributed by atoms with E-state index in [1.807, 2.05) is 91.0 Å². The van der Waals surface area contributed by atoms with Crippen LogP contribution in [0.5, 0.6) is 0 Å². The Balaban J connectivity index is 1.23. The van der Waals surface area contributed by atoms with Gasteiger partial charge in [-0.1, -0.05) is 182 Å². The molecule has 0 saturated carbocycles. The van der Waals surface area contributed by atoms with Crippen molar-refractivity contribution in [1.29, 1.82) is 0 Å². The predicted octanol–water partition coefficient (Wildman–Crippen LogP) is 10.5. The van der Waals surface area contributed by atoms with Crippen LogP contribution in [-0.4, -0.2) is 53.3 Å². The number of unbranched alkanes of at least 4 members (excludes halogenated alkanes) is 11. The van der Waals surface area contributed by atoms with Crippen LogP contribution in [0.2, 0.25) is 0 Å². The van der Waals surface area contributed by atoms with Crippen molar-refractivity contribution in [2.24, 2.45) is 5.92 Å². The van der Waals surface area contributed by atoms with Gasteiger partial charge in [0.25, 0.3) is 0 Å². The molecule has 0 aliphatic heterocycles. The summed E-state index contributed by atoms with van der Waals surface area (Å²) in [5, 5.41) is 0. The fourth-order valence-corrected chi connectivity index (χ4v) is 8.06. The molecule has 0 saturated heterocycles. The van der Waals surface area contributed by atoms with Crippen LogP contribution in [0.3, 0.4) is 0 Å². The predicted molar refractivity (Wildman–Crippen MR) is 234 cm³/mol. The minimum atomic E-state index is -4.16. The van der Waals surface area contributed by atoms with E-state index in [1.54, 1.807) is 0 Å². The van der Waals surface area contributed by atoms with Gasteiger partial charge in [-0.3, -0.25) is 9.13 Å². The van der Waals surface area contributed by atoms with Crippen molar-refractivity contribution in [2.45, 2.75) is 122 Å². The van der Waals surface area contributed by atoms with Gasteiger partial charge in [-0.05, 0) is 41.5 Å². The third-order valence-electron chi connectivity index (χ3n) is 10.3. The summed E-state index contributed by atoms with van der Waals surface area (Å²) < 4.78 is 38.7. The van der Waals surface area contributed by atoms with Gasteiger partial charge in [0, 0.05) is 19.4 Å². The average molecular weight is 818 g/mol. The van der Waals surface area contributed by atoms with Gasteiger partial charge < -0.3 is 29.4 Å². The van der Waals surface area contributed by atoms with E-state index in [-0.39, 0.29) is 25.6 Å². The SMILES string of the molecule is CC(C)CCCCCCCCCCCCCCOCCCOP(=O)(O)COC(COC(c1ccccc1)(c1ccccc1)c1ccccc1)Cn1ccc(N)nc1=O. The molecule has 2 atom stereocenters. The first-order valence-electron chi connectivity index (χ1n) is 21.5. The molecule has 1 aromatic heterocycles. The third kappa shape index (κ3) is 16.9. The maximum absolute atomic E-state index is 13.2. The summed E-state index contributed by atoms with van der Waals surface area (Å²) in [7, 11) is -4.16. The molecule has 0 amide bonds. The molecule has 58 heavy (non-hydrogen) atoms. The van der Waals surface area contributed by atoms with Crippen molar-refractivity contribution < 1.29 is 28.2 Å². The number of ether oxygens (including phenoxy) is 3. The van der Waals surface area contributed by atoms with Crippen molar-refractivity contribution in [3.05, 3.63) is 130 Å². The van der Waals surface area contributed by atoms with Gasteiger partial charge in [-0.15, -0.1) is 0 Å². The number of nitrogens with zero attached hydrogens (tertiary/aromatic N) is 2. The van der Waals surface area contributed by atoms with Crippen LogP contribution < -0.4 is 11.4 Å². The highest BCUT2D eigenvalue weighted by Crippen LogP contribution is 2.43. The molecule has 4 aromatic rings. The second-order valence-corrected chi connectivity index (χ2v) is 17.4. The molecule has 1 heterocycles. The van der Waals surface area contributed by atoms with Crippen LogP contribution in [0.4, 0.5) is 5.82 Å². The van der Waals surface area contributed by atoms with Gasteiger partial charge in [0.15, 0.2) is 0 Å². The Bertz CT molecular complexity index is 1680. The van der Waals surface area contributed by atoms with Crippen LogP contribution >= 0.6 is 7.60 Å². The maximum atomic E-state index is 13.2. The highest BCUT2D eigenvalue weighted by molar-refractivity contribution is 7.52. The minimum absolute atomic E-state index is 0.00677. The van der Waals surface area contributed by atoms with Crippen LogP contribution in [0.25, 0.3) is 0 Å². The molecule has 10 nitrogen and oxygen atoms in total. The van der Waals surface area contributed by atoms with E-state index in [0.717, 1.165) is 35.4 Å². The van der Waals surface area contributed by atoms with Gasteiger partial charge in [0.05, 0.1) is 25.9 Å². The topological polar surface area (TPSA) is 135 Å². The Morgan fingerprint density at radius 1 is 0.690 bits per heavy atom. The number of hydrogen-bond donors (Lipinski definition) is 2. The van der Waals surface area contributed by atoms with E-state index >= 15 is 0 Å². The van der Waals surface area contributed by atoms with E-state index in [0.29, 0.717) is 19.6 Å². The van der Waals surface area contributed by atoms with Crippen LogP contribution in [-0.2, 0) is 35.4 Å². The molecule has 11 heteroatoms. The Morgan fingerprint density at radius 2 is 1.17 bits per heavy atom. The zero-order valence-corrected chi connectivity index (χ0v) is 35.8. The zero-order valence-electron chi connectivity index (χ0n) is 34.9. The fraction of sp³-hybridized carbons (Fsp3) is 0.532. The highest BCUT2D eigenvalue weighted by atomic mass is 31.2. The standard InChI is InChI=1S/C47H68N3O7P/c1-40(2)25-16-11-9-7-5-3-4-6-8-10-12-23-34-54-35-24-36-57-58(52,53)39-55-44(37-50-33-32-45(48)49-46(50)51)38-56-47(41-26-17-13-18-27-41,42-28-19-14-20-29-42)43-30-21-15-22-31-43/h13-15,17-22,26-33,40,44H,3-12,16,23-25,34-39H2,1-2H3,(H,52,53)(H2,48,49,51). The van der Waals surface area contributed by atoms with E-state index in [2.05, 4.69) is 18.8 Å². The molecule has 0 spiro atoms. The van der Waals surface area contributed by atoms with Gasteiger partial charge >= 0.3 is 13.3 Å². The van der Waals surface area contributed by atoms with Crippen molar-refractivity contribution in [1.82, 2.24) is 9.55 Å². The largest absolute Gasteiger partial charge is 0.383 e. The summed E-state index contributed by atoms with van der Waals surface area (Å²) in [6, 6.07) is 31.1. The molecular weight excluding hydrogens is 750 g/mol. The van der Waals surface area contributed by atoms with Crippen molar-refractivity contribution in [3.63, 3.8) is 0 Å². The van der Waals surface area contributed by atoms with E-state index < -0.39 is 31.3 Å². The van der Waals surface area contributed by atoms with E-state index in [4.69, 9.17) is 24.5 Å². The van der Waals surface area contributed by atoms with Crippen LogP contribution in [0, 0.1) is 5.92 Å². The molecule has 0 aliphatic rings. The number of nitrogen functional groups attached to an aromatic ring is 1. The summed E-state index contributed by atoms with van der Waals surface area (Å²) in [5.41, 5.74) is 6.77. The van der Waals surface area contributed by atoms with Crippen LogP contribution in [0.1, 0.15) is 120 Å². The van der Waals surface area contributed by atoms with Crippen molar-refractivity contribution >= 4 is 13.4 Å². The number of rotatable bonds is 31. The van der Waals surface area contributed by atoms with Crippen LogP contribution in [0.15, 0.2) is 108 Å². The average Bonchev–Trinajstić information content (AvgIpc) is 3.23. The Morgan fingerprint density at radius 3 is 1.67 bits per heavy atom. The van der Waals surface area contributed by atoms with Gasteiger partial charge in [0.2, 0.25) is 0 Å². The molecule has 3 N–H and O–H groups in total. The van der Waals surface area contributed by atoms with E-state index in [9.17, 15) is 14.3 Å². The lowest BCUT2D eigenvalue weighted by atomic mass is 9.80. The lowest BCUT2D eigenvalue weighted by molar-refractivity contribution is -0.0635. The second-order valence-electron chi connectivity index (χ2n) is 15.7. The molecule has 0 bridgehead atoms. The summed E-state index contributed by atoms with van der Waals surface area (Å²) >= 11 is 0. The lowest BCUT2D eigenvalue weighted by Gasteiger charge is -2.37. The number of benzene rings is 3. The molecule has 0 fully saturated rings. The van der Waals surface area contributed by atoms with E-state index in [1.165, 1.54) is 87.5 Å². The second kappa shape index (κ2) is 26.5. The van der Waals surface area contributed by atoms with Gasteiger partial charge in [-0.2, -0.15) is 4.98 Å². The monoisotopic (exact) mass is 817 g/mol. The number of hydrogen-bond acceptors (Lipinski definition) is 8. The first-order valence-corrected chi connectivity index (χ1v) is 23.2. The Labute approximate surface area is 347 Å². The quantitative estimate of drug-likeness (QED) is 0.0289. The summed E-state index contributed by atoms with van der Waals surface area (Å²) in [6.07, 6.45) is 17.5. The molecule has 2 unspecified atom stereocenters. The Kier molecular flexibility index (Phi) is 21.5. The molecule has 4 rings (SSSR count). The lowest BCUT2D eigenvalue weighted by Crippen LogP contribution is -2.39. The summed E-state index contributed by atoms with van der Waals surface area (Å²) in [6.45, 7) is 5.73. The number of nitrogens with two attached hydrogens (primary N) is 1. The highest BCUT2D eigenvalue weighted by Gasteiger charge is 2.38. The molecular formula is C47H68N3O7P. The number of aromatic nitrogens is 2. The third-order valence-corrected chi connectivity index (χ3v) is 11.4. The number of anilines is 1. The first kappa shape index (κ1) is 47.1. The van der Waals surface area contributed by atoms with Crippen molar-refractivity contribution in [2.75, 3.05) is 38.5 Å². The van der Waals surface area contributed by atoms with Gasteiger partial charge in [-0.25, -0.2) is 4.79 Å². The van der Waals surface area contributed by atoms with Crippen molar-refractivity contribution in [3.8, 4) is 0 Å². The first-order chi connectivity index (χ1) is 28.2. The normalized spacial score (nSPS) is 13.4. The van der Waals surface area contributed by atoms with Gasteiger partial charge in [0.1, 0.15) is 17.8 Å².